The Balaban J connectivity index is 4.48. The lowest BCUT2D eigenvalue weighted by molar-refractivity contribution is -0.0741. The minimum atomic E-state index is -0.120. The molecule has 96 valence electrons. The quantitative estimate of drug-likeness (QED) is 0.261. The van der Waals surface area contributed by atoms with Crippen LogP contribution in [-0.4, -0.2) is 18.2 Å². The molecule has 1 unspecified atom stereocenters. The predicted molar refractivity (Wildman–Crippen MR) is 70.1 cm³/mol. The van der Waals surface area contributed by atoms with E-state index in [1.54, 1.807) is 0 Å². The Hall–Kier alpha value is -0.380. The van der Waals surface area contributed by atoms with Gasteiger partial charge < -0.3 is 4.74 Å². The highest BCUT2D eigenvalue weighted by atomic mass is 16.5. The van der Waals surface area contributed by atoms with Gasteiger partial charge >= 0.3 is 0 Å². The summed E-state index contributed by atoms with van der Waals surface area (Å²) in [6, 6.07) is 0.224. The SMILES string of the molecule is C=CCCCC(NN)C(CC)(CC)OCC. The standard InChI is InChI=1S/C13H28N2O/c1-5-9-10-11-12(15-14)13(6-2,7-3)16-8-4/h5,12,15H,1,6-11,14H2,2-4H3. The summed E-state index contributed by atoms with van der Waals surface area (Å²) >= 11 is 0. The molecule has 16 heavy (non-hydrogen) atoms. The maximum atomic E-state index is 5.94. The summed E-state index contributed by atoms with van der Waals surface area (Å²) in [6.07, 6.45) is 7.10. The van der Waals surface area contributed by atoms with Crippen LogP contribution in [-0.2, 0) is 4.74 Å². The second-order valence-corrected chi connectivity index (χ2v) is 4.14. The van der Waals surface area contributed by atoms with E-state index < -0.39 is 0 Å². The van der Waals surface area contributed by atoms with Crippen LogP contribution in [0.5, 0.6) is 0 Å². The summed E-state index contributed by atoms with van der Waals surface area (Å²) in [5, 5.41) is 0. The lowest BCUT2D eigenvalue weighted by atomic mass is 9.85. The second-order valence-electron chi connectivity index (χ2n) is 4.14. The van der Waals surface area contributed by atoms with Crippen molar-refractivity contribution in [3.05, 3.63) is 12.7 Å². The van der Waals surface area contributed by atoms with Crippen LogP contribution in [0.4, 0.5) is 0 Å². The molecule has 0 bridgehead atoms. The number of hydrogen-bond acceptors (Lipinski definition) is 3. The Bertz CT molecular complexity index is 179. The average molecular weight is 228 g/mol. The largest absolute Gasteiger partial charge is 0.374 e. The highest BCUT2D eigenvalue weighted by Gasteiger charge is 2.35. The maximum absolute atomic E-state index is 5.94. The molecule has 0 aromatic rings. The van der Waals surface area contributed by atoms with Gasteiger partial charge in [0.25, 0.3) is 0 Å². The van der Waals surface area contributed by atoms with Crippen molar-refractivity contribution in [2.45, 2.75) is 64.5 Å². The molecule has 0 heterocycles. The zero-order valence-corrected chi connectivity index (χ0v) is 11.1. The first-order valence-electron chi connectivity index (χ1n) is 6.41. The molecule has 3 N–H and O–H groups in total. The molecule has 0 rings (SSSR count). The Morgan fingerprint density at radius 1 is 1.38 bits per heavy atom. The molecule has 0 saturated heterocycles. The zero-order valence-electron chi connectivity index (χ0n) is 11.1. The predicted octanol–water partition coefficient (Wildman–Crippen LogP) is 2.77. The van der Waals surface area contributed by atoms with Gasteiger partial charge in [0, 0.05) is 6.61 Å². The molecular formula is C13H28N2O. The number of nitrogens with one attached hydrogen (secondary N) is 1. The van der Waals surface area contributed by atoms with Gasteiger partial charge in [0.05, 0.1) is 11.6 Å². The van der Waals surface area contributed by atoms with E-state index in [1.807, 2.05) is 13.0 Å². The van der Waals surface area contributed by atoms with Crippen molar-refractivity contribution in [3.63, 3.8) is 0 Å². The Morgan fingerprint density at radius 2 is 2.00 bits per heavy atom. The first kappa shape index (κ1) is 15.6. The van der Waals surface area contributed by atoms with Gasteiger partial charge in [0.2, 0.25) is 0 Å². The van der Waals surface area contributed by atoms with Crippen molar-refractivity contribution >= 4 is 0 Å². The topological polar surface area (TPSA) is 47.3 Å². The Morgan fingerprint density at radius 3 is 2.38 bits per heavy atom. The Labute approximate surface area is 100 Å². The number of allylic oxidation sites excluding steroid dienone is 1. The van der Waals surface area contributed by atoms with Gasteiger partial charge in [-0.25, -0.2) is 0 Å². The summed E-state index contributed by atoms with van der Waals surface area (Å²) in [5.74, 6) is 5.67. The molecule has 0 aliphatic rings. The van der Waals surface area contributed by atoms with Gasteiger partial charge in [-0.05, 0) is 39.0 Å². The maximum Gasteiger partial charge on any atom is 0.0842 e. The van der Waals surface area contributed by atoms with E-state index in [2.05, 4.69) is 25.9 Å². The van der Waals surface area contributed by atoms with Crippen LogP contribution in [0.1, 0.15) is 52.9 Å². The van der Waals surface area contributed by atoms with Crippen LogP contribution in [0.2, 0.25) is 0 Å². The fourth-order valence-electron chi connectivity index (χ4n) is 2.30. The second kappa shape index (κ2) is 8.74. The van der Waals surface area contributed by atoms with Crippen LogP contribution in [0.15, 0.2) is 12.7 Å². The molecule has 3 nitrogen and oxygen atoms in total. The molecule has 0 spiro atoms. The number of ether oxygens (including phenoxy) is 1. The van der Waals surface area contributed by atoms with Gasteiger partial charge in [0.15, 0.2) is 0 Å². The normalized spacial score (nSPS) is 13.8. The van der Waals surface area contributed by atoms with Crippen molar-refractivity contribution in [1.29, 1.82) is 0 Å². The molecule has 1 atom stereocenters. The van der Waals surface area contributed by atoms with E-state index in [-0.39, 0.29) is 11.6 Å². The lowest BCUT2D eigenvalue weighted by Gasteiger charge is -2.39. The lowest BCUT2D eigenvalue weighted by Crippen LogP contribution is -2.54. The molecule has 0 aromatic heterocycles. The fourth-order valence-corrected chi connectivity index (χ4v) is 2.30. The van der Waals surface area contributed by atoms with Crippen LogP contribution in [0.3, 0.4) is 0 Å². The van der Waals surface area contributed by atoms with Crippen molar-refractivity contribution in [3.8, 4) is 0 Å². The summed E-state index contributed by atoms with van der Waals surface area (Å²) < 4.78 is 5.94. The molecule has 0 aromatic carbocycles. The molecule has 0 saturated carbocycles. The zero-order chi connectivity index (χ0) is 12.4. The van der Waals surface area contributed by atoms with E-state index in [0.717, 1.165) is 38.7 Å². The monoisotopic (exact) mass is 228 g/mol. The van der Waals surface area contributed by atoms with Gasteiger partial charge in [0.1, 0.15) is 0 Å². The summed E-state index contributed by atoms with van der Waals surface area (Å²) in [5.41, 5.74) is 2.81. The van der Waals surface area contributed by atoms with E-state index >= 15 is 0 Å². The smallest absolute Gasteiger partial charge is 0.0842 e. The van der Waals surface area contributed by atoms with E-state index in [0.29, 0.717) is 0 Å². The third kappa shape index (κ3) is 4.24. The van der Waals surface area contributed by atoms with Gasteiger partial charge in [-0.1, -0.05) is 19.9 Å². The average Bonchev–Trinajstić information content (AvgIpc) is 2.32. The van der Waals surface area contributed by atoms with Crippen LogP contribution in [0.25, 0.3) is 0 Å². The minimum absolute atomic E-state index is 0.120. The van der Waals surface area contributed by atoms with E-state index in [1.165, 1.54) is 0 Å². The third-order valence-corrected chi connectivity index (χ3v) is 3.37. The molecule has 0 fully saturated rings. The number of nitrogens with two attached hydrogens (primary N) is 1. The van der Waals surface area contributed by atoms with Crippen molar-refractivity contribution in [1.82, 2.24) is 5.43 Å². The van der Waals surface area contributed by atoms with E-state index in [4.69, 9.17) is 10.6 Å². The molecule has 0 aliphatic heterocycles. The number of hydrogen-bond donors (Lipinski definition) is 2. The van der Waals surface area contributed by atoms with Crippen molar-refractivity contribution < 1.29 is 4.74 Å². The number of rotatable bonds is 10. The van der Waals surface area contributed by atoms with Crippen LogP contribution >= 0.6 is 0 Å². The van der Waals surface area contributed by atoms with E-state index in [9.17, 15) is 0 Å². The summed E-state index contributed by atoms with van der Waals surface area (Å²) in [4.78, 5) is 0. The highest BCUT2D eigenvalue weighted by molar-refractivity contribution is 4.90. The number of hydrazine groups is 1. The van der Waals surface area contributed by atoms with Gasteiger partial charge in [-0.2, -0.15) is 0 Å². The minimum Gasteiger partial charge on any atom is -0.374 e. The molecular weight excluding hydrogens is 200 g/mol. The van der Waals surface area contributed by atoms with Crippen LogP contribution in [0, 0.1) is 0 Å². The van der Waals surface area contributed by atoms with Crippen LogP contribution < -0.4 is 11.3 Å². The van der Waals surface area contributed by atoms with Crippen molar-refractivity contribution in [2.24, 2.45) is 5.84 Å². The molecule has 0 radical (unpaired) electrons. The fraction of sp³-hybridized carbons (Fsp3) is 0.846. The highest BCUT2D eigenvalue weighted by Crippen LogP contribution is 2.27. The molecule has 3 heteroatoms. The first-order chi connectivity index (χ1) is 7.70. The number of unbranched alkanes of at least 4 members (excludes halogenated alkanes) is 1. The van der Waals surface area contributed by atoms with Gasteiger partial charge in [-0.3, -0.25) is 11.3 Å². The molecule has 0 aliphatic carbocycles. The first-order valence-corrected chi connectivity index (χ1v) is 6.41. The molecule has 0 amide bonds. The Kier molecular flexibility index (Phi) is 8.53. The van der Waals surface area contributed by atoms with Gasteiger partial charge in [-0.15, -0.1) is 6.58 Å². The third-order valence-electron chi connectivity index (χ3n) is 3.37. The summed E-state index contributed by atoms with van der Waals surface area (Å²) in [7, 11) is 0. The summed E-state index contributed by atoms with van der Waals surface area (Å²) in [6.45, 7) is 10.8. The van der Waals surface area contributed by atoms with Crippen molar-refractivity contribution in [2.75, 3.05) is 6.61 Å².